The van der Waals surface area contributed by atoms with Crippen LogP contribution in [0, 0.1) is 0 Å². The van der Waals surface area contributed by atoms with Gasteiger partial charge in [0.05, 0.1) is 25.3 Å². The van der Waals surface area contributed by atoms with Crippen molar-refractivity contribution in [2.24, 2.45) is 7.05 Å². The highest BCUT2D eigenvalue weighted by Crippen LogP contribution is 2.19. The van der Waals surface area contributed by atoms with Gasteiger partial charge in [0.1, 0.15) is 0 Å². The van der Waals surface area contributed by atoms with Crippen molar-refractivity contribution in [1.82, 2.24) is 19.8 Å². The second kappa shape index (κ2) is 5.93. The summed E-state index contributed by atoms with van der Waals surface area (Å²) in [7, 11) is 1.83. The van der Waals surface area contributed by atoms with Crippen LogP contribution in [0.1, 0.15) is 29.9 Å². The molecule has 2 fully saturated rings. The number of hydrogen-bond donors (Lipinski definition) is 1. The first-order valence-electron chi connectivity index (χ1n) is 7.35. The molecule has 2 aliphatic rings. The highest BCUT2D eigenvalue weighted by molar-refractivity contribution is 5.91. The number of imidazole rings is 1. The van der Waals surface area contributed by atoms with Crippen LogP contribution in [0.25, 0.3) is 0 Å². The molecule has 6 nitrogen and oxygen atoms in total. The summed E-state index contributed by atoms with van der Waals surface area (Å²) in [5.74, 6) is 0.337. The molecule has 1 aromatic heterocycles. The summed E-state index contributed by atoms with van der Waals surface area (Å²) in [6.07, 6.45) is 7.23. The SMILES string of the molecule is Cn1ccnc1C(=O)N[C@H]1COC[C@@H]1N1CCCCC1. The molecule has 0 bridgehead atoms. The van der Waals surface area contributed by atoms with Gasteiger partial charge in [-0.1, -0.05) is 6.42 Å². The van der Waals surface area contributed by atoms with Gasteiger partial charge in [-0.15, -0.1) is 0 Å². The molecule has 0 aliphatic carbocycles. The van der Waals surface area contributed by atoms with Crippen molar-refractivity contribution in [2.75, 3.05) is 26.3 Å². The van der Waals surface area contributed by atoms with Crippen molar-refractivity contribution in [3.05, 3.63) is 18.2 Å². The quantitative estimate of drug-likeness (QED) is 0.869. The third-order valence-electron chi connectivity index (χ3n) is 4.25. The maximum absolute atomic E-state index is 12.2. The number of ether oxygens (including phenoxy) is 1. The topological polar surface area (TPSA) is 59.4 Å². The predicted molar refractivity (Wildman–Crippen MR) is 74.5 cm³/mol. The zero-order chi connectivity index (χ0) is 13.9. The standard InChI is InChI=1S/C14H22N4O2/c1-17-8-5-15-13(17)14(19)16-11-9-20-10-12(11)18-6-3-2-4-7-18/h5,8,11-12H,2-4,6-7,9-10H2,1H3,(H,16,19)/t11-,12-/m0/s1. The number of nitrogens with zero attached hydrogens (tertiary/aromatic N) is 3. The summed E-state index contributed by atoms with van der Waals surface area (Å²) in [4.78, 5) is 18.8. The number of likely N-dealkylation sites (tertiary alicyclic amines) is 1. The molecule has 0 spiro atoms. The Kier molecular flexibility index (Phi) is 4.03. The van der Waals surface area contributed by atoms with Gasteiger partial charge in [-0.05, 0) is 25.9 Å². The van der Waals surface area contributed by atoms with Crippen LogP contribution >= 0.6 is 0 Å². The van der Waals surface area contributed by atoms with E-state index in [1.807, 2.05) is 7.05 Å². The predicted octanol–water partition coefficient (Wildman–Crippen LogP) is 0.403. The highest BCUT2D eigenvalue weighted by Gasteiger charge is 2.35. The molecule has 0 saturated carbocycles. The van der Waals surface area contributed by atoms with Crippen LogP contribution in [0.15, 0.2) is 12.4 Å². The number of carbonyl (C=O) groups excluding carboxylic acids is 1. The maximum atomic E-state index is 12.2. The Morgan fingerprint density at radius 1 is 1.35 bits per heavy atom. The fourth-order valence-electron chi connectivity index (χ4n) is 3.11. The lowest BCUT2D eigenvalue weighted by atomic mass is 10.0. The Hall–Kier alpha value is -1.40. The van der Waals surface area contributed by atoms with Gasteiger partial charge in [0, 0.05) is 19.4 Å². The van der Waals surface area contributed by atoms with Crippen molar-refractivity contribution >= 4 is 5.91 Å². The zero-order valence-corrected chi connectivity index (χ0v) is 11.9. The summed E-state index contributed by atoms with van der Waals surface area (Å²) < 4.78 is 7.32. The third-order valence-corrected chi connectivity index (χ3v) is 4.25. The van der Waals surface area contributed by atoms with E-state index in [0.717, 1.165) is 13.1 Å². The summed E-state index contributed by atoms with van der Waals surface area (Å²) >= 11 is 0. The van der Waals surface area contributed by atoms with Gasteiger partial charge in [0.2, 0.25) is 0 Å². The van der Waals surface area contributed by atoms with E-state index in [4.69, 9.17) is 4.74 Å². The van der Waals surface area contributed by atoms with Gasteiger partial charge >= 0.3 is 0 Å². The number of hydrogen-bond acceptors (Lipinski definition) is 4. The van der Waals surface area contributed by atoms with Crippen LogP contribution in [0.4, 0.5) is 0 Å². The van der Waals surface area contributed by atoms with E-state index in [1.54, 1.807) is 17.0 Å². The van der Waals surface area contributed by atoms with Gasteiger partial charge in [-0.3, -0.25) is 9.69 Å². The summed E-state index contributed by atoms with van der Waals surface area (Å²) in [5, 5.41) is 3.08. The van der Waals surface area contributed by atoms with E-state index in [2.05, 4.69) is 15.2 Å². The minimum Gasteiger partial charge on any atom is -0.378 e. The average molecular weight is 278 g/mol. The molecular weight excluding hydrogens is 256 g/mol. The first-order valence-corrected chi connectivity index (χ1v) is 7.35. The minimum atomic E-state index is -0.116. The van der Waals surface area contributed by atoms with E-state index >= 15 is 0 Å². The van der Waals surface area contributed by atoms with E-state index < -0.39 is 0 Å². The fourth-order valence-corrected chi connectivity index (χ4v) is 3.11. The Morgan fingerprint density at radius 2 is 2.15 bits per heavy atom. The van der Waals surface area contributed by atoms with Crippen molar-refractivity contribution in [3.63, 3.8) is 0 Å². The first kappa shape index (κ1) is 13.6. The monoisotopic (exact) mass is 278 g/mol. The zero-order valence-electron chi connectivity index (χ0n) is 11.9. The summed E-state index contributed by atoms with van der Waals surface area (Å²) in [6, 6.07) is 0.372. The maximum Gasteiger partial charge on any atom is 0.287 e. The number of aromatic nitrogens is 2. The van der Waals surface area contributed by atoms with E-state index in [9.17, 15) is 4.79 Å². The molecule has 1 aromatic rings. The van der Waals surface area contributed by atoms with Crippen LogP contribution < -0.4 is 5.32 Å². The van der Waals surface area contributed by atoms with Gasteiger partial charge in [-0.2, -0.15) is 0 Å². The van der Waals surface area contributed by atoms with Crippen molar-refractivity contribution < 1.29 is 9.53 Å². The fraction of sp³-hybridized carbons (Fsp3) is 0.714. The van der Waals surface area contributed by atoms with Gasteiger partial charge < -0.3 is 14.6 Å². The Bertz CT molecular complexity index is 467. The highest BCUT2D eigenvalue weighted by atomic mass is 16.5. The van der Waals surface area contributed by atoms with Crippen LogP contribution in [-0.2, 0) is 11.8 Å². The average Bonchev–Trinajstić information content (AvgIpc) is 3.08. The lowest BCUT2D eigenvalue weighted by Crippen LogP contribution is -2.52. The molecule has 2 atom stereocenters. The van der Waals surface area contributed by atoms with Crippen molar-refractivity contribution in [2.45, 2.75) is 31.3 Å². The summed E-state index contributed by atoms with van der Waals surface area (Å²) in [6.45, 7) is 3.54. The minimum absolute atomic E-state index is 0.0669. The molecule has 20 heavy (non-hydrogen) atoms. The number of carbonyl (C=O) groups is 1. The molecule has 3 heterocycles. The molecule has 2 aliphatic heterocycles. The largest absolute Gasteiger partial charge is 0.378 e. The van der Waals surface area contributed by atoms with E-state index in [1.165, 1.54) is 19.3 Å². The van der Waals surface area contributed by atoms with Gasteiger partial charge in [-0.25, -0.2) is 4.98 Å². The van der Waals surface area contributed by atoms with Crippen molar-refractivity contribution in [1.29, 1.82) is 0 Å². The lowest BCUT2D eigenvalue weighted by molar-refractivity contribution is 0.0886. The van der Waals surface area contributed by atoms with Gasteiger partial charge in [0.15, 0.2) is 5.82 Å². The van der Waals surface area contributed by atoms with Crippen LogP contribution in [0.2, 0.25) is 0 Å². The second-order valence-corrected chi connectivity index (χ2v) is 5.64. The first-order chi connectivity index (χ1) is 9.75. The summed E-state index contributed by atoms with van der Waals surface area (Å²) in [5.41, 5.74) is 0. The molecule has 1 amide bonds. The molecule has 0 radical (unpaired) electrons. The molecular formula is C14H22N4O2. The Morgan fingerprint density at radius 3 is 2.85 bits per heavy atom. The van der Waals surface area contributed by atoms with Crippen molar-refractivity contribution in [3.8, 4) is 0 Å². The third kappa shape index (κ3) is 2.71. The smallest absolute Gasteiger partial charge is 0.287 e. The van der Waals surface area contributed by atoms with E-state index in [-0.39, 0.29) is 11.9 Å². The number of aryl methyl sites for hydroxylation is 1. The van der Waals surface area contributed by atoms with Gasteiger partial charge in [0.25, 0.3) is 5.91 Å². The van der Waals surface area contributed by atoms with Crippen LogP contribution in [0.5, 0.6) is 0 Å². The molecule has 1 N–H and O–H groups in total. The van der Waals surface area contributed by atoms with Crippen LogP contribution in [-0.4, -0.2) is 58.7 Å². The molecule has 0 aromatic carbocycles. The molecule has 2 saturated heterocycles. The lowest BCUT2D eigenvalue weighted by Gasteiger charge is -2.34. The molecule has 6 heteroatoms. The Balaban J connectivity index is 1.64. The molecule has 110 valence electrons. The number of rotatable bonds is 3. The second-order valence-electron chi connectivity index (χ2n) is 5.64. The number of amides is 1. The van der Waals surface area contributed by atoms with Crippen LogP contribution in [0.3, 0.4) is 0 Å². The molecule has 3 rings (SSSR count). The van der Waals surface area contributed by atoms with E-state index in [0.29, 0.717) is 25.1 Å². The number of piperidine rings is 1. The normalized spacial score (nSPS) is 27.6. The number of nitrogens with one attached hydrogen (secondary N) is 1. The Labute approximate surface area is 119 Å². The molecule has 0 unspecified atom stereocenters.